The van der Waals surface area contributed by atoms with Crippen molar-refractivity contribution in [1.29, 1.82) is 0 Å². The number of nitrogens with one attached hydrogen (secondary N) is 1. The summed E-state index contributed by atoms with van der Waals surface area (Å²) in [6.45, 7) is 2.38. The van der Waals surface area contributed by atoms with Crippen LogP contribution in [-0.4, -0.2) is 77.0 Å². The van der Waals surface area contributed by atoms with Crippen molar-refractivity contribution in [3.8, 4) is 11.5 Å². The molecule has 170 valence electrons. The fourth-order valence-electron chi connectivity index (χ4n) is 3.71. The minimum Gasteiger partial charge on any atom is -0.504 e. The molecule has 2 aromatic carbocycles. The molecule has 0 saturated carbocycles. The fraction of sp³-hybridized carbons (Fsp3) is 0.261. The number of rotatable bonds is 5. The maximum Gasteiger partial charge on any atom is 0.421 e. The lowest BCUT2D eigenvalue weighted by molar-refractivity contribution is -0.130. The normalized spacial score (nSPS) is 17.9. The number of hydrazone groups is 1. The van der Waals surface area contributed by atoms with E-state index in [1.54, 1.807) is 30.1 Å². The van der Waals surface area contributed by atoms with Gasteiger partial charge in [-0.2, -0.15) is 5.43 Å². The highest BCUT2D eigenvalue weighted by Gasteiger charge is 2.54. The molecule has 2 N–H and O–H groups in total. The lowest BCUT2D eigenvalue weighted by atomic mass is 10.1. The Kier molecular flexibility index (Phi) is 5.76. The van der Waals surface area contributed by atoms with Crippen molar-refractivity contribution >= 4 is 29.9 Å². The van der Waals surface area contributed by atoms with E-state index in [1.807, 2.05) is 31.2 Å². The molecule has 0 aliphatic carbocycles. The Bertz CT molecular complexity index is 1200. The number of imide groups is 1. The van der Waals surface area contributed by atoms with E-state index in [0.717, 1.165) is 16.0 Å². The number of para-hydroxylation sites is 1. The number of fused-ring (bicyclic) bond motifs is 1. The van der Waals surface area contributed by atoms with Crippen LogP contribution in [0, 0.1) is 6.92 Å². The summed E-state index contributed by atoms with van der Waals surface area (Å²) in [5, 5.41) is 14.5. The fourth-order valence-corrected chi connectivity index (χ4v) is 3.71. The number of phenolic OH excluding ortho intramolecular Hbond substituents is 1. The van der Waals surface area contributed by atoms with E-state index >= 15 is 0 Å². The molecule has 2 heterocycles. The number of methoxy groups -OCH3 is 1. The Hall–Kier alpha value is -4.30. The van der Waals surface area contributed by atoms with E-state index in [2.05, 4.69) is 15.2 Å². The van der Waals surface area contributed by atoms with Gasteiger partial charge in [-0.3, -0.25) is 9.69 Å². The van der Waals surface area contributed by atoms with Crippen LogP contribution in [0.15, 0.2) is 47.6 Å². The van der Waals surface area contributed by atoms with Crippen LogP contribution in [-0.2, 0) is 11.3 Å². The number of ether oxygens (including phenoxy) is 1. The Labute approximate surface area is 191 Å². The highest BCUT2D eigenvalue weighted by atomic mass is 16.5. The van der Waals surface area contributed by atoms with E-state index in [1.165, 1.54) is 25.3 Å². The predicted octanol–water partition coefficient (Wildman–Crippen LogP) is 0.863. The molecule has 10 heteroatoms. The van der Waals surface area contributed by atoms with Gasteiger partial charge < -0.3 is 9.84 Å². The Morgan fingerprint density at radius 1 is 1.15 bits per heavy atom. The monoisotopic (exact) mass is 449 g/mol. The number of amidine groups is 1. The smallest absolute Gasteiger partial charge is 0.421 e. The second-order valence-corrected chi connectivity index (χ2v) is 7.82. The molecular weight excluding hydrogens is 424 g/mol. The van der Waals surface area contributed by atoms with E-state index in [0.29, 0.717) is 29.7 Å². The molecule has 3 amide bonds. The van der Waals surface area contributed by atoms with Crippen molar-refractivity contribution in [1.82, 2.24) is 24.8 Å². The van der Waals surface area contributed by atoms with Crippen molar-refractivity contribution in [2.24, 2.45) is 5.10 Å². The number of carbonyl (C=O) groups excluding carboxylic acids is 2. The molecule has 33 heavy (non-hydrogen) atoms. The molecule has 0 spiro atoms. The van der Waals surface area contributed by atoms with Gasteiger partial charge in [0.2, 0.25) is 6.04 Å². The summed E-state index contributed by atoms with van der Waals surface area (Å²) < 4.78 is 9.63. The van der Waals surface area contributed by atoms with Gasteiger partial charge in [0.25, 0.3) is 5.91 Å². The number of guanidine groups is 1. The molecule has 2 aliphatic heterocycles. The number of hydrogen-bond acceptors (Lipinski definition) is 7. The third kappa shape index (κ3) is 3.99. The van der Waals surface area contributed by atoms with Gasteiger partial charge >= 0.3 is 17.8 Å². The molecule has 4 rings (SSSR count). The molecule has 2 aliphatic rings. The number of nitrogens with zero attached hydrogens (tertiary/aromatic N) is 5. The number of benzene rings is 2. The molecule has 1 saturated heterocycles. The van der Waals surface area contributed by atoms with E-state index in [-0.39, 0.29) is 11.7 Å². The maximum absolute atomic E-state index is 13.0. The third-order valence-corrected chi connectivity index (χ3v) is 5.62. The van der Waals surface area contributed by atoms with Gasteiger partial charge in [-0.15, -0.1) is 5.10 Å². The van der Waals surface area contributed by atoms with Gasteiger partial charge in [0.05, 0.1) is 26.9 Å². The van der Waals surface area contributed by atoms with Crippen molar-refractivity contribution in [2.45, 2.75) is 19.5 Å². The van der Waals surface area contributed by atoms with Crippen LogP contribution in [0.3, 0.4) is 0 Å². The summed E-state index contributed by atoms with van der Waals surface area (Å²) in [6.07, 6.45) is 1.43. The van der Waals surface area contributed by atoms with Crippen LogP contribution in [0.5, 0.6) is 11.5 Å². The topological polar surface area (TPSA) is 112 Å². The van der Waals surface area contributed by atoms with Gasteiger partial charge in [-0.1, -0.05) is 35.9 Å². The van der Waals surface area contributed by atoms with Crippen LogP contribution >= 0.6 is 0 Å². The van der Waals surface area contributed by atoms with Gasteiger partial charge in [0, 0.05) is 12.6 Å². The first kappa shape index (κ1) is 21.9. The van der Waals surface area contributed by atoms with Gasteiger partial charge in [-0.05, 0) is 24.6 Å². The SMILES string of the molecule is COc1cccc(/C=N/NC2=[N+]=C3C(C(=O)N(C)C(=O)N3C)N2Cc2ccc(C)cc2)c1O. The van der Waals surface area contributed by atoms with Crippen molar-refractivity contribution in [3.05, 3.63) is 59.2 Å². The summed E-state index contributed by atoms with van der Waals surface area (Å²) >= 11 is 0. The van der Waals surface area contributed by atoms with E-state index in [4.69, 9.17) is 4.74 Å². The molecule has 1 unspecified atom stereocenters. The third-order valence-electron chi connectivity index (χ3n) is 5.62. The van der Waals surface area contributed by atoms with Crippen LogP contribution in [0.25, 0.3) is 0 Å². The van der Waals surface area contributed by atoms with Crippen LogP contribution in [0.4, 0.5) is 4.79 Å². The largest absolute Gasteiger partial charge is 0.504 e. The number of aryl methyl sites for hydroxylation is 1. The molecule has 0 bridgehead atoms. The summed E-state index contributed by atoms with van der Waals surface area (Å²) in [6, 6.07) is 11.8. The second-order valence-electron chi connectivity index (χ2n) is 7.82. The molecule has 0 radical (unpaired) electrons. The Morgan fingerprint density at radius 3 is 2.58 bits per heavy atom. The summed E-state index contributed by atoms with van der Waals surface area (Å²) in [5.41, 5.74) is 5.41. The Balaban J connectivity index is 1.65. The molecular formula is C23H25N6O4+. The number of aromatic hydroxyl groups is 1. The minimum atomic E-state index is -0.762. The highest BCUT2D eigenvalue weighted by molar-refractivity contribution is 6.23. The van der Waals surface area contributed by atoms with Crippen LogP contribution < -0.4 is 14.8 Å². The molecule has 2 aromatic rings. The second kappa shape index (κ2) is 8.68. The zero-order chi connectivity index (χ0) is 23.7. The van der Waals surface area contributed by atoms with Crippen molar-refractivity contribution < 1.29 is 19.4 Å². The average molecular weight is 449 g/mol. The molecule has 0 aromatic heterocycles. The lowest BCUT2D eigenvalue weighted by Gasteiger charge is -2.31. The van der Waals surface area contributed by atoms with E-state index in [9.17, 15) is 14.7 Å². The van der Waals surface area contributed by atoms with Crippen LogP contribution in [0.2, 0.25) is 0 Å². The average Bonchev–Trinajstić information content (AvgIpc) is 3.17. The lowest BCUT2D eigenvalue weighted by Crippen LogP contribution is -2.63. The van der Waals surface area contributed by atoms with Crippen molar-refractivity contribution in [3.63, 3.8) is 0 Å². The zero-order valence-electron chi connectivity index (χ0n) is 18.8. The number of urea groups is 1. The number of amides is 3. The number of carbonyl (C=O) groups is 2. The number of phenols is 1. The first-order valence-electron chi connectivity index (χ1n) is 10.3. The molecule has 1 atom stereocenters. The van der Waals surface area contributed by atoms with Gasteiger partial charge in [0.15, 0.2) is 11.5 Å². The summed E-state index contributed by atoms with van der Waals surface area (Å²) in [4.78, 5) is 29.6. The number of likely N-dealkylation sites (N-methyl/N-ethyl adjacent to an activating group) is 2. The Morgan fingerprint density at radius 2 is 1.88 bits per heavy atom. The first-order valence-corrected chi connectivity index (χ1v) is 10.3. The van der Waals surface area contributed by atoms with Crippen molar-refractivity contribution in [2.75, 3.05) is 21.2 Å². The van der Waals surface area contributed by atoms with Gasteiger partial charge in [-0.25, -0.2) is 19.3 Å². The maximum atomic E-state index is 13.0. The molecule has 10 nitrogen and oxygen atoms in total. The quantitative estimate of drug-likeness (QED) is 0.398. The summed E-state index contributed by atoms with van der Waals surface area (Å²) in [5.74, 6) is 0.568. The molecule has 1 fully saturated rings. The van der Waals surface area contributed by atoms with Crippen LogP contribution in [0.1, 0.15) is 16.7 Å². The predicted molar refractivity (Wildman–Crippen MR) is 124 cm³/mol. The zero-order valence-corrected chi connectivity index (χ0v) is 18.8. The van der Waals surface area contributed by atoms with Gasteiger partial charge in [0.1, 0.15) is 0 Å². The minimum absolute atomic E-state index is 0.0411. The first-order chi connectivity index (χ1) is 15.8. The standard InChI is InChI=1S/C23H24N6O4/c1-14-8-10-15(11-9-14)13-29-18-20(27(2)23(32)28(3)21(18)31)25-22(29)26-24-12-16-6-5-7-17(33-4)19(16)30/h5-12,18H,13H2,1-4H3,(H,24,30)/p+1. The summed E-state index contributed by atoms with van der Waals surface area (Å²) in [7, 11) is 4.51. The highest BCUT2D eigenvalue weighted by Crippen LogP contribution is 2.28. The number of hydrogen-bond donors (Lipinski definition) is 2. The van der Waals surface area contributed by atoms with E-state index < -0.39 is 12.1 Å².